The molecule has 0 aliphatic rings. The van der Waals surface area contributed by atoms with Gasteiger partial charge in [0.25, 0.3) is 0 Å². The van der Waals surface area contributed by atoms with Crippen molar-refractivity contribution in [1.29, 1.82) is 0 Å². The van der Waals surface area contributed by atoms with E-state index in [1.165, 1.54) is 116 Å². The van der Waals surface area contributed by atoms with Crippen LogP contribution in [0.5, 0.6) is 0 Å². The molecule has 25 heavy (non-hydrogen) atoms. The average Bonchev–Trinajstić information content (AvgIpc) is 2.61. The predicted molar refractivity (Wildman–Crippen MR) is 115 cm³/mol. The second kappa shape index (κ2) is 22.0. The summed E-state index contributed by atoms with van der Waals surface area (Å²) in [4.78, 5) is 0. The summed E-state index contributed by atoms with van der Waals surface area (Å²) in [5.41, 5.74) is 11.6. The van der Waals surface area contributed by atoms with Crippen LogP contribution < -0.4 is 11.5 Å². The molecule has 0 aliphatic carbocycles. The second-order valence-corrected chi connectivity index (χ2v) is 8.14. The lowest BCUT2D eigenvalue weighted by Crippen LogP contribution is -2.19. The monoisotopic (exact) mass is 354 g/mol. The highest BCUT2D eigenvalue weighted by molar-refractivity contribution is 4.62. The fourth-order valence-corrected chi connectivity index (χ4v) is 3.65. The minimum absolute atomic E-state index is 0.415. The fourth-order valence-electron chi connectivity index (χ4n) is 3.65. The lowest BCUT2D eigenvalue weighted by atomic mass is 10.0. The Kier molecular flexibility index (Phi) is 21.9. The van der Waals surface area contributed by atoms with Gasteiger partial charge in [0, 0.05) is 6.04 Å². The smallest absolute Gasteiger partial charge is 0.00388 e. The van der Waals surface area contributed by atoms with Crippen molar-refractivity contribution in [3.63, 3.8) is 0 Å². The van der Waals surface area contributed by atoms with Crippen LogP contribution in [-0.2, 0) is 0 Å². The molecule has 1 atom stereocenters. The maximum atomic E-state index is 6.13. The molecule has 0 spiro atoms. The van der Waals surface area contributed by atoms with E-state index in [1.807, 2.05) is 0 Å². The average molecular weight is 355 g/mol. The summed E-state index contributed by atoms with van der Waals surface area (Å²) in [6.07, 6.45) is 27.7. The van der Waals surface area contributed by atoms with E-state index in [0.29, 0.717) is 6.04 Å². The molecule has 0 fully saturated rings. The van der Waals surface area contributed by atoms with Gasteiger partial charge in [-0.3, -0.25) is 0 Å². The third kappa shape index (κ3) is 21.9. The molecule has 152 valence electrons. The first kappa shape index (κ1) is 24.9. The molecule has 0 aromatic heterocycles. The predicted octanol–water partition coefficient (Wildman–Crippen LogP) is 7.09. The van der Waals surface area contributed by atoms with E-state index < -0.39 is 0 Å². The Balaban J connectivity index is 3.05. The van der Waals surface area contributed by atoms with Crippen LogP contribution in [0, 0.1) is 0 Å². The van der Waals surface area contributed by atoms with Crippen LogP contribution in [0.4, 0.5) is 0 Å². The molecule has 0 heterocycles. The summed E-state index contributed by atoms with van der Waals surface area (Å²) in [5.74, 6) is 0. The number of rotatable bonds is 21. The van der Waals surface area contributed by atoms with Crippen LogP contribution in [-0.4, -0.2) is 12.6 Å². The molecule has 2 heteroatoms. The summed E-state index contributed by atoms with van der Waals surface area (Å²) < 4.78 is 0. The number of nitrogens with two attached hydrogens (primary N) is 2. The molecule has 0 aromatic rings. The first-order valence-corrected chi connectivity index (χ1v) is 11.8. The third-order valence-corrected chi connectivity index (χ3v) is 5.46. The Morgan fingerprint density at radius 2 is 0.800 bits per heavy atom. The topological polar surface area (TPSA) is 52.0 Å². The zero-order valence-electron chi connectivity index (χ0n) is 17.6. The zero-order valence-corrected chi connectivity index (χ0v) is 17.6. The highest BCUT2D eigenvalue weighted by Gasteiger charge is 2.01. The van der Waals surface area contributed by atoms with Gasteiger partial charge < -0.3 is 11.5 Å². The van der Waals surface area contributed by atoms with E-state index in [2.05, 4.69) is 6.92 Å². The van der Waals surface area contributed by atoms with E-state index in [9.17, 15) is 0 Å². The van der Waals surface area contributed by atoms with Gasteiger partial charge in [-0.1, -0.05) is 116 Å². The van der Waals surface area contributed by atoms with Gasteiger partial charge >= 0.3 is 0 Å². The normalized spacial score (nSPS) is 12.6. The van der Waals surface area contributed by atoms with E-state index in [4.69, 9.17) is 11.5 Å². The molecular weight excluding hydrogens is 304 g/mol. The van der Waals surface area contributed by atoms with Crippen molar-refractivity contribution in [2.75, 3.05) is 6.54 Å². The molecule has 1 unspecified atom stereocenters. The van der Waals surface area contributed by atoms with E-state index in [0.717, 1.165) is 19.4 Å². The molecule has 0 bridgehead atoms. The zero-order chi connectivity index (χ0) is 18.4. The first-order chi connectivity index (χ1) is 12.3. The Morgan fingerprint density at radius 3 is 1.16 bits per heavy atom. The summed E-state index contributed by atoms with van der Waals surface area (Å²) in [6.45, 7) is 3.10. The standard InChI is InChI=1S/C23H50N2/c1-2-3-4-5-6-7-8-9-10-11-12-13-14-15-16-17-20-23(25)21-18-19-22-24/h23H,2-22,24-25H2,1H3. The number of hydrogen-bond acceptors (Lipinski definition) is 2. The van der Waals surface area contributed by atoms with Crippen molar-refractivity contribution in [1.82, 2.24) is 0 Å². The third-order valence-electron chi connectivity index (χ3n) is 5.46. The van der Waals surface area contributed by atoms with Crippen LogP contribution in [0.1, 0.15) is 135 Å². The van der Waals surface area contributed by atoms with Gasteiger partial charge in [-0.25, -0.2) is 0 Å². The van der Waals surface area contributed by atoms with Crippen molar-refractivity contribution in [3.8, 4) is 0 Å². The first-order valence-electron chi connectivity index (χ1n) is 11.8. The molecule has 0 saturated heterocycles. The molecule has 0 aliphatic heterocycles. The van der Waals surface area contributed by atoms with Crippen LogP contribution in [0.25, 0.3) is 0 Å². The maximum absolute atomic E-state index is 6.13. The van der Waals surface area contributed by atoms with Crippen molar-refractivity contribution in [2.24, 2.45) is 11.5 Å². The highest BCUT2D eigenvalue weighted by atomic mass is 14.6. The van der Waals surface area contributed by atoms with E-state index in [1.54, 1.807) is 0 Å². The highest BCUT2D eigenvalue weighted by Crippen LogP contribution is 2.14. The number of unbranched alkanes of at least 4 members (excludes halogenated alkanes) is 16. The lowest BCUT2D eigenvalue weighted by Gasteiger charge is -2.10. The Bertz CT molecular complexity index is 230. The molecule has 0 aromatic carbocycles. The molecule has 0 rings (SSSR count). The van der Waals surface area contributed by atoms with Crippen molar-refractivity contribution in [3.05, 3.63) is 0 Å². The molecular formula is C23H50N2. The Morgan fingerprint density at radius 1 is 0.480 bits per heavy atom. The van der Waals surface area contributed by atoms with E-state index in [-0.39, 0.29) is 0 Å². The summed E-state index contributed by atoms with van der Waals surface area (Å²) in [6, 6.07) is 0.415. The van der Waals surface area contributed by atoms with Crippen LogP contribution >= 0.6 is 0 Å². The van der Waals surface area contributed by atoms with Gasteiger partial charge in [-0.2, -0.15) is 0 Å². The van der Waals surface area contributed by atoms with Crippen molar-refractivity contribution in [2.45, 2.75) is 141 Å². The van der Waals surface area contributed by atoms with Crippen LogP contribution in [0.15, 0.2) is 0 Å². The largest absolute Gasteiger partial charge is 0.330 e. The molecule has 4 N–H and O–H groups in total. The summed E-state index contributed by atoms with van der Waals surface area (Å²) in [5, 5.41) is 0. The lowest BCUT2D eigenvalue weighted by molar-refractivity contribution is 0.489. The number of hydrogen-bond donors (Lipinski definition) is 2. The quantitative estimate of drug-likeness (QED) is 0.216. The maximum Gasteiger partial charge on any atom is 0.00388 e. The van der Waals surface area contributed by atoms with Crippen LogP contribution in [0.2, 0.25) is 0 Å². The molecule has 2 nitrogen and oxygen atoms in total. The van der Waals surface area contributed by atoms with Gasteiger partial charge in [0.1, 0.15) is 0 Å². The fraction of sp³-hybridized carbons (Fsp3) is 1.00. The van der Waals surface area contributed by atoms with Crippen molar-refractivity contribution >= 4 is 0 Å². The van der Waals surface area contributed by atoms with Gasteiger partial charge in [0.05, 0.1) is 0 Å². The van der Waals surface area contributed by atoms with Gasteiger partial charge in [-0.05, 0) is 25.8 Å². The molecule has 0 saturated carbocycles. The Hall–Kier alpha value is -0.0800. The van der Waals surface area contributed by atoms with Gasteiger partial charge in [0.15, 0.2) is 0 Å². The van der Waals surface area contributed by atoms with Crippen molar-refractivity contribution < 1.29 is 0 Å². The minimum atomic E-state index is 0.415. The molecule has 0 radical (unpaired) electrons. The second-order valence-electron chi connectivity index (χ2n) is 8.14. The summed E-state index contributed by atoms with van der Waals surface area (Å²) in [7, 11) is 0. The van der Waals surface area contributed by atoms with Gasteiger partial charge in [0.2, 0.25) is 0 Å². The van der Waals surface area contributed by atoms with E-state index >= 15 is 0 Å². The SMILES string of the molecule is CCCCCCCCCCCCCCCCCCC(N)CCCCN. The molecule has 0 amide bonds. The Labute approximate surface area is 159 Å². The van der Waals surface area contributed by atoms with Gasteiger partial charge in [-0.15, -0.1) is 0 Å². The van der Waals surface area contributed by atoms with Crippen LogP contribution in [0.3, 0.4) is 0 Å². The summed E-state index contributed by atoms with van der Waals surface area (Å²) >= 11 is 0. The minimum Gasteiger partial charge on any atom is -0.330 e.